The fourth-order valence-electron chi connectivity index (χ4n) is 2.97. The number of hydrogen-bond donors (Lipinski definition) is 2. The molecule has 1 aromatic carbocycles. The second-order valence-corrected chi connectivity index (χ2v) is 5.48. The molecule has 3 rings (SSSR count). The van der Waals surface area contributed by atoms with Gasteiger partial charge in [-0.05, 0) is 37.2 Å². The summed E-state index contributed by atoms with van der Waals surface area (Å²) in [5, 5.41) is 10.3. The Bertz CT molecular complexity index is 601. The molecular weight excluding hydrogens is 244 g/mol. The summed E-state index contributed by atoms with van der Waals surface area (Å²) in [5.41, 5.74) is 2.16. The Kier molecular flexibility index (Phi) is 3.22. The number of nitrogens with one attached hydrogen (secondary N) is 1. The summed E-state index contributed by atoms with van der Waals surface area (Å²) >= 11 is 5.43. The van der Waals surface area contributed by atoms with Crippen molar-refractivity contribution in [3.05, 3.63) is 29.0 Å². The first-order valence-corrected chi connectivity index (χ1v) is 7.05. The van der Waals surface area contributed by atoms with Gasteiger partial charge in [-0.3, -0.25) is 0 Å². The normalized spacial score (nSPS) is 25.2. The maximum absolute atomic E-state index is 10.3. The zero-order valence-electron chi connectivity index (χ0n) is 10.3. The van der Waals surface area contributed by atoms with Gasteiger partial charge in [0.05, 0.1) is 23.2 Å². The van der Waals surface area contributed by atoms with E-state index in [-0.39, 0.29) is 12.1 Å². The smallest absolute Gasteiger partial charge is 0.178 e. The van der Waals surface area contributed by atoms with Crippen molar-refractivity contribution < 1.29 is 5.11 Å². The first kappa shape index (κ1) is 11.9. The number of H-pyrrole nitrogens is 1. The van der Waals surface area contributed by atoms with E-state index in [9.17, 15) is 5.11 Å². The number of aromatic nitrogens is 2. The third-order valence-corrected chi connectivity index (χ3v) is 4.20. The third kappa shape index (κ3) is 1.99. The number of aliphatic hydroxyl groups is 1. The monoisotopic (exact) mass is 262 g/mol. The van der Waals surface area contributed by atoms with Crippen LogP contribution in [-0.2, 0) is 0 Å². The van der Waals surface area contributed by atoms with Gasteiger partial charge in [0.25, 0.3) is 0 Å². The molecule has 1 fully saturated rings. The highest BCUT2D eigenvalue weighted by molar-refractivity contribution is 7.71. The first-order chi connectivity index (χ1) is 8.77. The van der Waals surface area contributed by atoms with Crippen molar-refractivity contribution in [3.63, 3.8) is 0 Å². The highest BCUT2D eigenvalue weighted by atomic mass is 32.1. The number of nitrogens with zero attached hydrogens (tertiary/aromatic N) is 1. The van der Waals surface area contributed by atoms with Crippen LogP contribution in [0.2, 0.25) is 0 Å². The zero-order valence-corrected chi connectivity index (χ0v) is 11.1. The lowest BCUT2D eigenvalue weighted by Crippen LogP contribution is -2.23. The van der Waals surface area contributed by atoms with Crippen molar-refractivity contribution in [3.8, 4) is 0 Å². The highest BCUT2D eigenvalue weighted by Crippen LogP contribution is 2.30. The fourth-order valence-corrected chi connectivity index (χ4v) is 3.32. The van der Waals surface area contributed by atoms with E-state index in [4.69, 9.17) is 12.2 Å². The van der Waals surface area contributed by atoms with Crippen LogP contribution in [0.25, 0.3) is 11.0 Å². The lowest BCUT2D eigenvalue weighted by atomic mass is 10.1. The Balaban J connectivity index is 2.12. The van der Waals surface area contributed by atoms with Gasteiger partial charge in [0.15, 0.2) is 4.77 Å². The predicted octanol–water partition coefficient (Wildman–Crippen LogP) is 3.56. The number of aromatic amines is 1. The number of para-hydroxylation sites is 2. The van der Waals surface area contributed by atoms with Crippen molar-refractivity contribution >= 4 is 23.3 Å². The number of imidazole rings is 1. The van der Waals surface area contributed by atoms with Crippen molar-refractivity contribution in [2.45, 2.75) is 44.2 Å². The molecule has 0 saturated heterocycles. The molecule has 96 valence electrons. The fraction of sp³-hybridized carbons (Fsp3) is 0.500. The van der Waals surface area contributed by atoms with Crippen LogP contribution < -0.4 is 0 Å². The average Bonchev–Trinajstić information content (AvgIpc) is 2.55. The Morgan fingerprint density at radius 2 is 1.94 bits per heavy atom. The van der Waals surface area contributed by atoms with Gasteiger partial charge in [0.2, 0.25) is 0 Å². The lowest BCUT2D eigenvalue weighted by molar-refractivity contribution is 0.107. The molecule has 0 aliphatic heterocycles. The molecule has 1 aliphatic rings. The van der Waals surface area contributed by atoms with Gasteiger partial charge < -0.3 is 14.7 Å². The van der Waals surface area contributed by atoms with E-state index in [0.29, 0.717) is 0 Å². The number of rotatable bonds is 1. The molecular formula is C14H18N2OS. The largest absolute Gasteiger partial charge is 0.391 e. The molecule has 0 radical (unpaired) electrons. The molecule has 0 amide bonds. The molecule has 2 atom stereocenters. The molecule has 1 saturated carbocycles. The lowest BCUT2D eigenvalue weighted by Gasteiger charge is -2.22. The van der Waals surface area contributed by atoms with Crippen LogP contribution in [0.1, 0.15) is 38.1 Å². The Labute approximate surface area is 111 Å². The molecule has 2 unspecified atom stereocenters. The van der Waals surface area contributed by atoms with Gasteiger partial charge in [-0.15, -0.1) is 0 Å². The van der Waals surface area contributed by atoms with E-state index < -0.39 is 0 Å². The molecule has 1 heterocycles. The van der Waals surface area contributed by atoms with Gasteiger partial charge in [-0.2, -0.15) is 0 Å². The van der Waals surface area contributed by atoms with E-state index in [2.05, 4.69) is 15.6 Å². The summed E-state index contributed by atoms with van der Waals surface area (Å²) in [4.78, 5) is 3.23. The van der Waals surface area contributed by atoms with Crippen molar-refractivity contribution in [1.82, 2.24) is 9.55 Å². The summed E-state index contributed by atoms with van der Waals surface area (Å²) in [5.74, 6) is 0. The van der Waals surface area contributed by atoms with E-state index >= 15 is 0 Å². The third-order valence-electron chi connectivity index (χ3n) is 3.90. The van der Waals surface area contributed by atoms with Crippen LogP contribution in [0.15, 0.2) is 24.3 Å². The second-order valence-electron chi connectivity index (χ2n) is 5.09. The van der Waals surface area contributed by atoms with Crippen LogP contribution in [0.4, 0.5) is 0 Å². The maximum atomic E-state index is 10.3. The van der Waals surface area contributed by atoms with Crippen molar-refractivity contribution in [1.29, 1.82) is 0 Å². The Morgan fingerprint density at radius 1 is 1.17 bits per heavy atom. The minimum absolute atomic E-state index is 0.121. The number of fused-ring (bicyclic) bond motifs is 1. The molecule has 2 aromatic rings. The Morgan fingerprint density at radius 3 is 2.83 bits per heavy atom. The molecule has 3 nitrogen and oxygen atoms in total. The molecule has 0 spiro atoms. The minimum atomic E-state index is -0.279. The first-order valence-electron chi connectivity index (χ1n) is 6.64. The van der Waals surface area contributed by atoms with Crippen molar-refractivity contribution in [2.24, 2.45) is 0 Å². The van der Waals surface area contributed by atoms with E-state index in [1.54, 1.807) is 0 Å². The molecule has 1 aliphatic carbocycles. The molecule has 1 aromatic heterocycles. The van der Waals surface area contributed by atoms with Crippen molar-refractivity contribution in [2.75, 3.05) is 0 Å². The number of benzene rings is 1. The van der Waals surface area contributed by atoms with Crippen LogP contribution in [0, 0.1) is 4.77 Å². The SMILES string of the molecule is OC1CCCCCC1n1c(=S)[nH]c2ccccc21. The molecule has 18 heavy (non-hydrogen) atoms. The summed E-state index contributed by atoms with van der Waals surface area (Å²) < 4.78 is 2.84. The summed E-state index contributed by atoms with van der Waals surface area (Å²) in [6.45, 7) is 0. The number of aliphatic hydroxyl groups excluding tert-OH is 1. The van der Waals surface area contributed by atoms with Crippen LogP contribution >= 0.6 is 12.2 Å². The summed E-state index contributed by atoms with van der Waals surface area (Å²) in [6, 6.07) is 8.24. The Hall–Kier alpha value is -1.13. The second kappa shape index (κ2) is 4.86. The zero-order chi connectivity index (χ0) is 12.5. The summed E-state index contributed by atoms with van der Waals surface area (Å²) in [7, 11) is 0. The van der Waals surface area contributed by atoms with E-state index in [1.807, 2.05) is 18.2 Å². The van der Waals surface area contributed by atoms with Gasteiger partial charge in [-0.25, -0.2) is 0 Å². The highest BCUT2D eigenvalue weighted by Gasteiger charge is 2.25. The predicted molar refractivity (Wildman–Crippen MR) is 75.3 cm³/mol. The van der Waals surface area contributed by atoms with Crippen LogP contribution in [-0.4, -0.2) is 20.8 Å². The van der Waals surface area contributed by atoms with Crippen LogP contribution in [0.3, 0.4) is 0 Å². The van der Waals surface area contributed by atoms with Gasteiger partial charge >= 0.3 is 0 Å². The minimum Gasteiger partial charge on any atom is -0.391 e. The quantitative estimate of drug-likeness (QED) is 0.609. The maximum Gasteiger partial charge on any atom is 0.178 e. The van der Waals surface area contributed by atoms with Gasteiger partial charge in [-0.1, -0.05) is 31.4 Å². The summed E-state index contributed by atoms with van der Waals surface area (Å²) in [6.07, 6.45) is 5.11. The molecule has 4 heteroatoms. The standard InChI is InChI=1S/C14H18N2OS/c17-13-9-3-1-2-8-12(13)16-11-7-5-4-6-10(11)15-14(16)18/h4-7,12-13,17H,1-3,8-9H2,(H,15,18). The van der Waals surface area contributed by atoms with Gasteiger partial charge in [0.1, 0.15) is 0 Å². The van der Waals surface area contributed by atoms with E-state index in [1.165, 1.54) is 12.8 Å². The molecule has 0 bridgehead atoms. The van der Waals surface area contributed by atoms with E-state index in [0.717, 1.165) is 35.1 Å². The average molecular weight is 262 g/mol. The topological polar surface area (TPSA) is 41.0 Å². The van der Waals surface area contributed by atoms with Gasteiger partial charge in [0, 0.05) is 0 Å². The molecule has 2 N–H and O–H groups in total. The number of hydrogen-bond acceptors (Lipinski definition) is 2. The van der Waals surface area contributed by atoms with Crippen LogP contribution in [0.5, 0.6) is 0 Å².